The van der Waals surface area contributed by atoms with Crippen LogP contribution in [0, 0.1) is 23.7 Å². The first kappa shape index (κ1) is 19.2. The molecule has 0 radical (unpaired) electrons. The van der Waals surface area contributed by atoms with Gasteiger partial charge in [0.1, 0.15) is 0 Å². The van der Waals surface area contributed by atoms with E-state index in [1.165, 1.54) is 0 Å². The summed E-state index contributed by atoms with van der Waals surface area (Å²) in [4.78, 5) is 8.75. The predicted octanol–water partition coefficient (Wildman–Crippen LogP) is 5.51. The fourth-order valence-corrected chi connectivity index (χ4v) is 2.10. The molecule has 0 fully saturated rings. The number of unbranched alkanes of at least 4 members (excludes halogenated alkanes) is 2. The van der Waals surface area contributed by atoms with Crippen LogP contribution in [-0.2, 0) is 0 Å². The van der Waals surface area contributed by atoms with Crippen molar-refractivity contribution in [3.05, 3.63) is 71.3 Å². The number of pyridine rings is 2. The topological polar surface area (TPSA) is 25.8 Å². The molecule has 2 aromatic rings. The smallest absolute Gasteiger partial charge is 0.0627 e. The van der Waals surface area contributed by atoms with E-state index in [0.717, 1.165) is 48.2 Å². The number of hydrogen-bond acceptors (Lipinski definition) is 2. The molecule has 0 amide bonds. The van der Waals surface area contributed by atoms with E-state index in [9.17, 15) is 0 Å². The Morgan fingerprint density at radius 3 is 1.54 bits per heavy atom. The summed E-state index contributed by atoms with van der Waals surface area (Å²) in [6.07, 6.45) is 16.3. The fraction of sp³-hybridized carbons (Fsp3) is 0.250. The van der Waals surface area contributed by atoms with Gasteiger partial charge in [-0.05, 0) is 61.1 Å². The first-order chi connectivity index (χ1) is 12.8. The molecule has 0 spiro atoms. The molecule has 0 saturated carbocycles. The third kappa shape index (κ3) is 7.20. The van der Waals surface area contributed by atoms with Gasteiger partial charge in [0, 0.05) is 23.5 Å². The minimum absolute atomic E-state index is 0.862. The summed E-state index contributed by atoms with van der Waals surface area (Å²) >= 11 is 0. The van der Waals surface area contributed by atoms with Crippen molar-refractivity contribution in [2.45, 2.75) is 39.5 Å². The number of allylic oxidation sites excluding steroid dienone is 2. The van der Waals surface area contributed by atoms with Crippen molar-refractivity contribution in [3.8, 4) is 23.7 Å². The van der Waals surface area contributed by atoms with E-state index >= 15 is 0 Å². The summed E-state index contributed by atoms with van der Waals surface area (Å²) < 4.78 is 0. The van der Waals surface area contributed by atoms with Crippen molar-refractivity contribution in [1.29, 1.82) is 0 Å². The molecule has 0 unspecified atom stereocenters. The summed E-state index contributed by atoms with van der Waals surface area (Å²) in [5.74, 6) is 11.8. The van der Waals surface area contributed by atoms with Gasteiger partial charge in [-0.3, -0.25) is 9.97 Å². The Balaban J connectivity index is 1.93. The number of rotatable bonds is 6. The Kier molecular flexibility index (Phi) is 8.47. The van der Waals surface area contributed by atoms with Crippen molar-refractivity contribution >= 4 is 12.2 Å². The summed E-state index contributed by atoms with van der Waals surface area (Å²) in [6, 6.07) is 7.87. The molecule has 0 aliphatic carbocycles. The van der Waals surface area contributed by atoms with E-state index in [0.29, 0.717) is 0 Å². The molecule has 130 valence electrons. The molecule has 26 heavy (non-hydrogen) atoms. The van der Waals surface area contributed by atoms with Crippen LogP contribution in [0.5, 0.6) is 0 Å². The van der Waals surface area contributed by atoms with Gasteiger partial charge in [-0.1, -0.05) is 50.7 Å². The van der Waals surface area contributed by atoms with E-state index in [-0.39, 0.29) is 0 Å². The maximum absolute atomic E-state index is 4.37. The van der Waals surface area contributed by atoms with Crippen LogP contribution in [0.3, 0.4) is 0 Å². The van der Waals surface area contributed by atoms with Crippen LogP contribution in [0.4, 0.5) is 0 Å². The minimum atomic E-state index is 0.862. The standard InChI is InChI=1S/C24H24N2/c1-3-5-7-13-23-17-15-21(19-25-23)11-9-10-12-22-16-18-24(26-20-22)14-8-6-4-2/h7-8,13-20H,3-6H2,1-2H3/b13-7+,14-8+. The lowest BCUT2D eigenvalue weighted by Gasteiger charge is -1.93. The zero-order valence-corrected chi connectivity index (χ0v) is 15.5. The molecule has 2 rings (SSSR count). The van der Waals surface area contributed by atoms with Crippen LogP contribution in [0.1, 0.15) is 62.0 Å². The first-order valence-electron chi connectivity index (χ1n) is 9.09. The Morgan fingerprint density at radius 1 is 0.731 bits per heavy atom. The van der Waals surface area contributed by atoms with Crippen LogP contribution >= 0.6 is 0 Å². The van der Waals surface area contributed by atoms with Gasteiger partial charge < -0.3 is 0 Å². The Labute approximate surface area is 157 Å². The third-order valence-corrected chi connectivity index (χ3v) is 3.54. The lowest BCUT2D eigenvalue weighted by Crippen LogP contribution is -1.82. The summed E-state index contributed by atoms with van der Waals surface area (Å²) in [5, 5.41) is 0. The first-order valence-corrected chi connectivity index (χ1v) is 9.09. The van der Waals surface area contributed by atoms with Crippen LogP contribution < -0.4 is 0 Å². The van der Waals surface area contributed by atoms with Gasteiger partial charge in [-0.2, -0.15) is 0 Å². The Bertz CT molecular complexity index is 773. The molecule has 2 nitrogen and oxygen atoms in total. The van der Waals surface area contributed by atoms with Crippen molar-refractivity contribution in [3.63, 3.8) is 0 Å². The van der Waals surface area contributed by atoms with Gasteiger partial charge in [0.25, 0.3) is 0 Å². The highest BCUT2D eigenvalue weighted by atomic mass is 14.7. The van der Waals surface area contributed by atoms with E-state index in [4.69, 9.17) is 0 Å². The van der Waals surface area contributed by atoms with Crippen molar-refractivity contribution < 1.29 is 0 Å². The molecule has 2 heterocycles. The predicted molar refractivity (Wildman–Crippen MR) is 110 cm³/mol. The van der Waals surface area contributed by atoms with Crippen LogP contribution in [-0.4, -0.2) is 9.97 Å². The molecule has 0 aliphatic rings. The normalized spacial score (nSPS) is 10.4. The second kappa shape index (κ2) is 11.5. The van der Waals surface area contributed by atoms with E-state index in [2.05, 4.69) is 59.6 Å². The van der Waals surface area contributed by atoms with Gasteiger partial charge in [-0.15, -0.1) is 0 Å². The van der Waals surface area contributed by atoms with Gasteiger partial charge in [0.15, 0.2) is 0 Å². The molecule has 0 saturated heterocycles. The number of aromatic nitrogens is 2. The molecule has 0 aliphatic heterocycles. The monoisotopic (exact) mass is 340 g/mol. The molecule has 0 bridgehead atoms. The third-order valence-electron chi connectivity index (χ3n) is 3.54. The zero-order valence-electron chi connectivity index (χ0n) is 15.5. The average molecular weight is 340 g/mol. The second-order valence-electron chi connectivity index (χ2n) is 5.83. The molecular formula is C24H24N2. The Morgan fingerprint density at radius 2 is 1.19 bits per heavy atom. The maximum atomic E-state index is 4.37. The van der Waals surface area contributed by atoms with Crippen LogP contribution in [0.15, 0.2) is 48.8 Å². The highest BCUT2D eigenvalue weighted by molar-refractivity contribution is 5.49. The highest BCUT2D eigenvalue weighted by Gasteiger charge is 1.90. The molecule has 2 aromatic heterocycles. The van der Waals surface area contributed by atoms with E-state index in [1.54, 1.807) is 12.4 Å². The SMILES string of the molecule is CCC/C=C/c1ccc(C#CC#Cc2ccc(/C=C/CCC)nc2)cn1. The highest BCUT2D eigenvalue weighted by Crippen LogP contribution is 2.03. The van der Waals surface area contributed by atoms with Gasteiger partial charge in [0.2, 0.25) is 0 Å². The zero-order chi connectivity index (χ0) is 18.5. The quantitative estimate of drug-likeness (QED) is 0.648. The fourth-order valence-electron chi connectivity index (χ4n) is 2.10. The van der Waals surface area contributed by atoms with Crippen molar-refractivity contribution in [1.82, 2.24) is 9.97 Å². The average Bonchev–Trinajstić information content (AvgIpc) is 2.68. The van der Waals surface area contributed by atoms with Gasteiger partial charge >= 0.3 is 0 Å². The molecule has 2 heteroatoms. The van der Waals surface area contributed by atoms with Gasteiger partial charge in [0.05, 0.1) is 11.4 Å². The Hall–Kier alpha value is -3.10. The lowest BCUT2D eigenvalue weighted by atomic mass is 10.2. The number of hydrogen-bond donors (Lipinski definition) is 0. The van der Waals surface area contributed by atoms with E-state index in [1.807, 2.05) is 36.4 Å². The summed E-state index contributed by atoms with van der Waals surface area (Å²) in [5.41, 5.74) is 3.63. The second-order valence-corrected chi connectivity index (χ2v) is 5.83. The summed E-state index contributed by atoms with van der Waals surface area (Å²) in [7, 11) is 0. The minimum Gasteiger partial charge on any atom is -0.256 e. The van der Waals surface area contributed by atoms with Crippen LogP contribution in [0.25, 0.3) is 12.2 Å². The van der Waals surface area contributed by atoms with Crippen molar-refractivity contribution in [2.24, 2.45) is 0 Å². The van der Waals surface area contributed by atoms with Crippen molar-refractivity contribution in [2.75, 3.05) is 0 Å². The van der Waals surface area contributed by atoms with Gasteiger partial charge in [-0.25, -0.2) is 0 Å². The van der Waals surface area contributed by atoms with E-state index < -0.39 is 0 Å². The maximum Gasteiger partial charge on any atom is 0.0627 e. The molecule has 0 atom stereocenters. The largest absolute Gasteiger partial charge is 0.256 e. The molecule has 0 aromatic carbocycles. The van der Waals surface area contributed by atoms with Crippen LogP contribution in [0.2, 0.25) is 0 Å². The molecular weight excluding hydrogens is 316 g/mol. The molecule has 0 N–H and O–H groups in total. The number of nitrogens with zero attached hydrogens (tertiary/aromatic N) is 2. The summed E-state index contributed by atoms with van der Waals surface area (Å²) in [6.45, 7) is 4.32. The lowest BCUT2D eigenvalue weighted by molar-refractivity contribution is 0.962.